The summed E-state index contributed by atoms with van der Waals surface area (Å²) >= 11 is 1.20. The average molecular weight is 476 g/mol. The molecular weight excluding hydrogens is 448 g/mol. The lowest BCUT2D eigenvalue weighted by Crippen LogP contribution is -2.48. The standard InChI is InChI=1S/C23H27F2N5O2S/c1-15(32-4)22(31)30-23(17-8-6-5-7-9-17,12-13-29(3)27-16(2)26)33-21(28-30)19-14-18(24)10-11-20(19)25/h5-11,14-15H,12-13H2,1-4H3,(H2,26,27)/t15-,23?/m0/s1. The summed E-state index contributed by atoms with van der Waals surface area (Å²) in [5, 5.41) is 15.4. The molecule has 0 fully saturated rings. The van der Waals surface area contributed by atoms with Crippen LogP contribution in [-0.4, -0.2) is 53.6 Å². The van der Waals surface area contributed by atoms with Crippen molar-refractivity contribution in [2.75, 3.05) is 20.7 Å². The first-order valence-electron chi connectivity index (χ1n) is 10.4. The highest BCUT2D eigenvalue weighted by Gasteiger charge is 2.49. The summed E-state index contributed by atoms with van der Waals surface area (Å²) in [6.07, 6.45) is -0.418. The highest BCUT2D eigenvalue weighted by molar-refractivity contribution is 8.15. The third-order valence-corrected chi connectivity index (χ3v) is 6.68. The number of nitrogens with one attached hydrogen (secondary N) is 2. The quantitative estimate of drug-likeness (QED) is 0.344. The summed E-state index contributed by atoms with van der Waals surface area (Å²) in [6.45, 7) is 3.67. The molecule has 10 heteroatoms. The first-order chi connectivity index (χ1) is 15.7. The Balaban J connectivity index is 2.11. The molecule has 1 aliphatic rings. The van der Waals surface area contributed by atoms with Gasteiger partial charge in [0, 0.05) is 32.7 Å². The minimum absolute atomic E-state index is 0.0116. The minimum atomic E-state index is -1.04. The molecule has 0 radical (unpaired) electrons. The molecule has 1 aliphatic heterocycles. The second-order valence-electron chi connectivity index (χ2n) is 7.72. The van der Waals surface area contributed by atoms with Crippen molar-refractivity contribution in [3.63, 3.8) is 0 Å². The van der Waals surface area contributed by atoms with Gasteiger partial charge in [0.15, 0.2) is 0 Å². The van der Waals surface area contributed by atoms with Crippen LogP contribution in [0.15, 0.2) is 53.6 Å². The van der Waals surface area contributed by atoms with Crippen molar-refractivity contribution in [1.82, 2.24) is 15.4 Å². The van der Waals surface area contributed by atoms with Gasteiger partial charge in [-0.05, 0) is 37.6 Å². The summed E-state index contributed by atoms with van der Waals surface area (Å²) in [5.74, 6) is -1.36. The normalized spacial score (nSPS) is 18.9. The first kappa shape index (κ1) is 24.8. The van der Waals surface area contributed by atoms with Crippen LogP contribution in [0.1, 0.15) is 31.4 Å². The fraction of sp³-hybridized carbons (Fsp3) is 0.348. The second-order valence-corrected chi connectivity index (χ2v) is 8.98. The molecule has 176 valence electrons. The zero-order valence-corrected chi connectivity index (χ0v) is 19.7. The van der Waals surface area contributed by atoms with Gasteiger partial charge in [0.1, 0.15) is 33.5 Å². The summed E-state index contributed by atoms with van der Waals surface area (Å²) in [4.78, 5) is 12.3. The number of methoxy groups -OCH3 is 1. The Morgan fingerprint density at radius 2 is 2.00 bits per heavy atom. The summed E-state index contributed by atoms with van der Waals surface area (Å²) < 4.78 is 33.9. The Morgan fingerprint density at radius 3 is 2.64 bits per heavy atom. The van der Waals surface area contributed by atoms with Crippen molar-refractivity contribution in [3.05, 3.63) is 71.3 Å². The molecule has 2 N–H and O–H groups in total. The number of hydrazone groups is 1. The molecule has 3 rings (SSSR count). The number of benzene rings is 2. The van der Waals surface area contributed by atoms with Crippen LogP contribution in [0.25, 0.3) is 0 Å². The first-order valence-corrected chi connectivity index (χ1v) is 11.2. The van der Waals surface area contributed by atoms with Crippen LogP contribution in [0.5, 0.6) is 0 Å². The van der Waals surface area contributed by atoms with Crippen molar-refractivity contribution < 1.29 is 18.3 Å². The van der Waals surface area contributed by atoms with Crippen molar-refractivity contribution in [2.45, 2.75) is 31.2 Å². The molecule has 2 aromatic carbocycles. The topological polar surface area (TPSA) is 81.0 Å². The number of amides is 1. The summed E-state index contributed by atoms with van der Waals surface area (Å²) in [5.41, 5.74) is 3.67. The number of amidine groups is 1. The number of carbonyl (C=O) groups excluding carboxylic acids is 1. The maximum absolute atomic E-state index is 14.7. The Bertz CT molecular complexity index is 1050. The minimum Gasteiger partial charge on any atom is -0.372 e. The zero-order valence-electron chi connectivity index (χ0n) is 18.9. The van der Waals surface area contributed by atoms with E-state index in [2.05, 4.69) is 10.5 Å². The molecule has 0 aromatic heterocycles. The van der Waals surface area contributed by atoms with Crippen LogP contribution in [0.3, 0.4) is 0 Å². The van der Waals surface area contributed by atoms with Crippen LogP contribution < -0.4 is 5.43 Å². The molecule has 0 saturated carbocycles. The third-order valence-electron chi connectivity index (χ3n) is 5.24. The molecule has 1 unspecified atom stereocenters. The van der Waals surface area contributed by atoms with Gasteiger partial charge in [-0.25, -0.2) is 18.8 Å². The van der Waals surface area contributed by atoms with E-state index in [9.17, 15) is 13.6 Å². The van der Waals surface area contributed by atoms with Crippen LogP contribution in [0, 0.1) is 17.0 Å². The van der Waals surface area contributed by atoms with Gasteiger partial charge in [-0.1, -0.05) is 42.1 Å². The van der Waals surface area contributed by atoms with E-state index in [0.29, 0.717) is 13.0 Å². The highest BCUT2D eigenvalue weighted by Crippen LogP contribution is 2.50. The number of nitrogens with zero attached hydrogens (tertiary/aromatic N) is 3. The van der Waals surface area contributed by atoms with Crippen LogP contribution >= 0.6 is 11.8 Å². The third kappa shape index (κ3) is 5.40. The molecule has 0 saturated heterocycles. The van der Waals surface area contributed by atoms with Crippen molar-refractivity contribution in [2.24, 2.45) is 5.10 Å². The van der Waals surface area contributed by atoms with E-state index in [4.69, 9.17) is 10.1 Å². The fourth-order valence-electron chi connectivity index (χ4n) is 3.51. The fourth-order valence-corrected chi connectivity index (χ4v) is 4.88. The number of ether oxygens (including phenoxy) is 1. The molecule has 0 bridgehead atoms. The lowest BCUT2D eigenvalue weighted by atomic mass is 10.0. The molecule has 0 aliphatic carbocycles. The average Bonchev–Trinajstić information content (AvgIpc) is 3.19. The smallest absolute Gasteiger partial charge is 0.273 e. The van der Waals surface area contributed by atoms with Gasteiger partial charge in [0.2, 0.25) is 0 Å². The van der Waals surface area contributed by atoms with Crippen molar-refractivity contribution in [1.29, 1.82) is 5.41 Å². The van der Waals surface area contributed by atoms with Crippen LogP contribution in [0.2, 0.25) is 0 Å². The number of hydrazine groups is 1. The molecular formula is C23H27F2N5O2S. The monoisotopic (exact) mass is 475 g/mol. The van der Waals surface area contributed by atoms with E-state index in [1.54, 1.807) is 25.9 Å². The van der Waals surface area contributed by atoms with E-state index < -0.39 is 28.5 Å². The molecule has 7 nitrogen and oxygen atoms in total. The second kappa shape index (κ2) is 10.4. The number of hydrogen-bond acceptors (Lipinski definition) is 6. The number of carbonyl (C=O) groups is 1. The molecule has 2 aromatic rings. The largest absolute Gasteiger partial charge is 0.372 e. The lowest BCUT2D eigenvalue weighted by molar-refractivity contribution is -0.144. The number of thioether (sulfide) groups is 1. The summed E-state index contributed by atoms with van der Waals surface area (Å²) in [6, 6.07) is 12.5. The van der Waals surface area contributed by atoms with Gasteiger partial charge in [-0.15, -0.1) is 0 Å². The van der Waals surface area contributed by atoms with Gasteiger partial charge >= 0.3 is 0 Å². The van der Waals surface area contributed by atoms with E-state index in [1.807, 2.05) is 30.3 Å². The molecule has 0 spiro atoms. The predicted molar refractivity (Wildman–Crippen MR) is 126 cm³/mol. The lowest BCUT2D eigenvalue weighted by Gasteiger charge is -2.37. The Labute approximate surface area is 196 Å². The van der Waals surface area contributed by atoms with E-state index in [0.717, 1.165) is 23.8 Å². The van der Waals surface area contributed by atoms with Crippen molar-refractivity contribution in [3.8, 4) is 0 Å². The van der Waals surface area contributed by atoms with E-state index in [1.165, 1.54) is 23.9 Å². The Kier molecular flexibility index (Phi) is 7.83. The van der Waals surface area contributed by atoms with E-state index in [-0.39, 0.29) is 16.4 Å². The predicted octanol–water partition coefficient (Wildman–Crippen LogP) is 3.91. The molecule has 1 amide bonds. The highest BCUT2D eigenvalue weighted by atomic mass is 32.2. The van der Waals surface area contributed by atoms with Gasteiger partial charge < -0.3 is 10.2 Å². The maximum atomic E-state index is 14.7. The van der Waals surface area contributed by atoms with Crippen molar-refractivity contribution >= 4 is 28.5 Å². The number of halogens is 2. The van der Waals surface area contributed by atoms with Gasteiger partial charge in [-0.3, -0.25) is 10.2 Å². The Hall–Kier alpha value is -2.82. The van der Waals surface area contributed by atoms with Gasteiger partial charge in [0.25, 0.3) is 5.91 Å². The molecule has 2 atom stereocenters. The van der Waals surface area contributed by atoms with Crippen LogP contribution in [-0.2, 0) is 14.4 Å². The summed E-state index contributed by atoms with van der Waals surface area (Å²) in [7, 11) is 3.21. The Morgan fingerprint density at radius 1 is 1.30 bits per heavy atom. The van der Waals surface area contributed by atoms with Gasteiger partial charge in [0.05, 0.1) is 0 Å². The number of hydrogen-bond donors (Lipinski definition) is 2. The van der Waals surface area contributed by atoms with E-state index >= 15 is 0 Å². The molecule has 1 heterocycles. The molecule has 33 heavy (non-hydrogen) atoms. The maximum Gasteiger partial charge on any atom is 0.273 e. The van der Waals surface area contributed by atoms with Gasteiger partial charge in [-0.2, -0.15) is 5.10 Å². The van der Waals surface area contributed by atoms with Crippen LogP contribution in [0.4, 0.5) is 8.78 Å². The number of rotatable bonds is 8. The zero-order chi connectivity index (χ0) is 24.2. The SMILES string of the molecule is CO[C@@H](C)C(=O)N1N=C(c2cc(F)ccc2F)SC1(CCN(C)NC(C)=N)c1ccccc1.